The van der Waals surface area contributed by atoms with Gasteiger partial charge < -0.3 is 9.47 Å². The number of hydrogen-bond acceptors (Lipinski definition) is 4. The van der Waals surface area contributed by atoms with Gasteiger partial charge in [0.2, 0.25) is 0 Å². The Bertz CT molecular complexity index is 500. The van der Waals surface area contributed by atoms with E-state index in [-0.39, 0.29) is 11.9 Å². The summed E-state index contributed by atoms with van der Waals surface area (Å²) in [6.07, 6.45) is 26.6. The van der Waals surface area contributed by atoms with E-state index in [0.29, 0.717) is 26.1 Å². The van der Waals surface area contributed by atoms with Crippen molar-refractivity contribution < 1.29 is 19.1 Å². The summed E-state index contributed by atoms with van der Waals surface area (Å²) in [5.74, 6) is -0.148. The lowest BCUT2D eigenvalue weighted by Gasteiger charge is -2.06. The van der Waals surface area contributed by atoms with Crippen molar-refractivity contribution in [2.24, 2.45) is 0 Å². The number of carbonyl (C=O) groups excluding carboxylic acids is 2. The number of hydrogen-bond donors (Lipinski definition) is 0. The quantitative estimate of drug-likeness (QED) is 0.0648. The standard InChI is InChI=1S/C31H58O4/c1-4-5-6-7-8-9-10-11-12-13-14-17-20-23-27-34-30(32)24-21-18-15-16-19-22-25-31(33)35-28-26-29(2)3/h2,4-28H2,1,3H3. The van der Waals surface area contributed by atoms with Crippen LogP contribution in [0.25, 0.3) is 0 Å². The molecular weight excluding hydrogens is 436 g/mol. The molecule has 4 heteroatoms. The average molecular weight is 495 g/mol. The Hall–Kier alpha value is -1.32. The minimum Gasteiger partial charge on any atom is -0.466 e. The number of esters is 2. The van der Waals surface area contributed by atoms with Crippen LogP contribution in [0.2, 0.25) is 0 Å². The van der Waals surface area contributed by atoms with E-state index < -0.39 is 0 Å². The summed E-state index contributed by atoms with van der Waals surface area (Å²) in [5.41, 5.74) is 1.04. The van der Waals surface area contributed by atoms with Crippen molar-refractivity contribution in [2.75, 3.05) is 13.2 Å². The first kappa shape index (κ1) is 33.7. The van der Waals surface area contributed by atoms with Crippen LogP contribution in [0.3, 0.4) is 0 Å². The highest BCUT2D eigenvalue weighted by Gasteiger charge is 2.04. The van der Waals surface area contributed by atoms with Crippen LogP contribution in [0, 0.1) is 0 Å². The fourth-order valence-electron chi connectivity index (χ4n) is 4.21. The molecule has 0 rings (SSSR count). The first-order valence-corrected chi connectivity index (χ1v) is 15.0. The highest BCUT2D eigenvalue weighted by molar-refractivity contribution is 5.69. The molecule has 0 aromatic carbocycles. The molecule has 0 aliphatic carbocycles. The molecule has 0 spiro atoms. The molecule has 0 saturated heterocycles. The molecule has 0 bridgehead atoms. The van der Waals surface area contributed by atoms with Crippen molar-refractivity contribution in [1.29, 1.82) is 0 Å². The molecule has 0 heterocycles. The Morgan fingerprint density at radius 2 is 0.829 bits per heavy atom. The van der Waals surface area contributed by atoms with Crippen molar-refractivity contribution in [3.63, 3.8) is 0 Å². The Morgan fingerprint density at radius 3 is 1.23 bits per heavy atom. The van der Waals surface area contributed by atoms with Gasteiger partial charge in [-0.05, 0) is 26.2 Å². The first-order chi connectivity index (χ1) is 17.1. The summed E-state index contributed by atoms with van der Waals surface area (Å²) in [6, 6.07) is 0. The normalized spacial score (nSPS) is 10.9. The highest BCUT2D eigenvalue weighted by atomic mass is 16.5. The maximum Gasteiger partial charge on any atom is 0.305 e. The molecule has 0 radical (unpaired) electrons. The highest BCUT2D eigenvalue weighted by Crippen LogP contribution is 2.13. The third-order valence-electron chi connectivity index (χ3n) is 6.56. The third-order valence-corrected chi connectivity index (χ3v) is 6.56. The molecule has 0 amide bonds. The molecule has 4 nitrogen and oxygen atoms in total. The minimum atomic E-state index is -0.104. The fraction of sp³-hybridized carbons (Fsp3) is 0.871. The lowest BCUT2D eigenvalue weighted by molar-refractivity contribution is -0.144. The molecule has 0 unspecified atom stereocenters. The van der Waals surface area contributed by atoms with E-state index in [1.165, 1.54) is 83.5 Å². The third kappa shape index (κ3) is 28.8. The topological polar surface area (TPSA) is 52.6 Å². The fourth-order valence-corrected chi connectivity index (χ4v) is 4.21. The van der Waals surface area contributed by atoms with E-state index >= 15 is 0 Å². The smallest absolute Gasteiger partial charge is 0.305 e. The zero-order chi connectivity index (χ0) is 25.8. The monoisotopic (exact) mass is 494 g/mol. The summed E-state index contributed by atoms with van der Waals surface area (Å²) in [4.78, 5) is 23.4. The molecule has 0 atom stereocenters. The van der Waals surface area contributed by atoms with Crippen molar-refractivity contribution in [2.45, 2.75) is 162 Å². The van der Waals surface area contributed by atoms with Gasteiger partial charge in [-0.2, -0.15) is 0 Å². The van der Waals surface area contributed by atoms with Crippen LogP contribution in [0.1, 0.15) is 162 Å². The predicted molar refractivity (Wildman–Crippen MR) is 149 cm³/mol. The number of unbranched alkanes of at least 4 members (excludes halogenated alkanes) is 18. The van der Waals surface area contributed by atoms with Gasteiger partial charge in [0.15, 0.2) is 0 Å². The second kappa shape index (κ2) is 27.3. The summed E-state index contributed by atoms with van der Waals surface area (Å²) < 4.78 is 10.5. The minimum absolute atomic E-state index is 0.0443. The van der Waals surface area contributed by atoms with E-state index in [1.807, 2.05) is 6.92 Å². The zero-order valence-electron chi connectivity index (χ0n) is 23.5. The molecule has 0 aliphatic rings. The maximum atomic E-state index is 11.8. The van der Waals surface area contributed by atoms with Crippen LogP contribution in [-0.4, -0.2) is 25.2 Å². The molecular formula is C31H58O4. The first-order valence-electron chi connectivity index (χ1n) is 15.0. The van der Waals surface area contributed by atoms with Crippen molar-refractivity contribution in [3.8, 4) is 0 Å². The Morgan fingerprint density at radius 1 is 0.486 bits per heavy atom. The molecule has 0 saturated carbocycles. The lowest BCUT2D eigenvalue weighted by Crippen LogP contribution is -2.06. The van der Waals surface area contributed by atoms with E-state index in [1.54, 1.807) is 0 Å². The molecule has 0 fully saturated rings. The summed E-state index contributed by atoms with van der Waals surface area (Å²) in [6.45, 7) is 9.04. The molecule has 0 aliphatic heterocycles. The van der Waals surface area contributed by atoms with Gasteiger partial charge >= 0.3 is 11.9 Å². The molecule has 35 heavy (non-hydrogen) atoms. The summed E-state index contributed by atoms with van der Waals surface area (Å²) >= 11 is 0. The second-order valence-corrected chi connectivity index (χ2v) is 10.4. The van der Waals surface area contributed by atoms with Gasteiger partial charge in [0.05, 0.1) is 13.2 Å². The van der Waals surface area contributed by atoms with Crippen LogP contribution in [-0.2, 0) is 19.1 Å². The van der Waals surface area contributed by atoms with E-state index in [9.17, 15) is 9.59 Å². The largest absolute Gasteiger partial charge is 0.466 e. The Labute approximate surface area is 218 Å². The SMILES string of the molecule is C=C(C)CCOC(=O)CCCCCCCCC(=O)OCCCCCCCCCCCCCCCC. The van der Waals surface area contributed by atoms with Gasteiger partial charge in [-0.25, -0.2) is 0 Å². The van der Waals surface area contributed by atoms with E-state index in [2.05, 4.69) is 13.5 Å². The van der Waals surface area contributed by atoms with Crippen molar-refractivity contribution in [3.05, 3.63) is 12.2 Å². The Kier molecular flexibility index (Phi) is 26.2. The predicted octanol–water partition coefficient (Wildman–Crippen LogP) is 9.64. The van der Waals surface area contributed by atoms with Crippen LogP contribution in [0.4, 0.5) is 0 Å². The summed E-state index contributed by atoms with van der Waals surface area (Å²) in [5, 5.41) is 0. The second-order valence-electron chi connectivity index (χ2n) is 10.4. The van der Waals surface area contributed by atoms with Crippen LogP contribution < -0.4 is 0 Å². The van der Waals surface area contributed by atoms with Crippen LogP contribution >= 0.6 is 0 Å². The van der Waals surface area contributed by atoms with E-state index in [0.717, 1.165) is 56.9 Å². The van der Waals surface area contributed by atoms with Gasteiger partial charge in [0.25, 0.3) is 0 Å². The van der Waals surface area contributed by atoms with Crippen LogP contribution in [0.15, 0.2) is 12.2 Å². The zero-order valence-corrected chi connectivity index (χ0v) is 23.5. The number of ether oxygens (including phenoxy) is 2. The maximum absolute atomic E-state index is 11.8. The van der Waals surface area contributed by atoms with Gasteiger partial charge in [-0.3, -0.25) is 9.59 Å². The molecule has 0 aromatic rings. The van der Waals surface area contributed by atoms with Crippen LogP contribution in [0.5, 0.6) is 0 Å². The Balaban J connectivity index is 3.24. The van der Waals surface area contributed by atoms with Crippen molar-refractivity contribution in [1.82, 2.24) is 0 Å². The van der Waals surface area contributed by atoms with Gasteiger partial charge in [0, 0.05) is 19.3 Å². The molecule has 0 N–H and O–H groups in total. The number of carbonyl (C=O) groups is 2. The average Bonchev–Trinajstić information content (AvgIpc) is 2.83. The lowest BCUT2D eigenvalue weighted by atomic mass is 10.0. The molecule has 206 valence electrons. The summed E-state index contributed by atoms with van der Waals surface area (Å²) in [7, 11) is 0. The van der Waals surface area contributed by atoms with Gasteiger partial charge in [-0.15, -0.1) is 6.58 Å². The van der Waals surface area contributed by atoms with Gasteiger partial charge in [-0.1, -0.05) is 122 Å². The number of rotatable bonds is 27. The van der Waals surface area contributed by atoms with Crippen molar-refractivity contribution >= 4 is 11.9 Å². The van der Waals surface area contributed by atoms with Gasteiger partial charge in [0.1, 0.15) is 0 Å². The van der Waals surface area contributed by atoms with E-state index in [4.69, 9.17) is 9.47 Å². The molecule has 0 aromatic heterocycles.